The lowest BCUT2D eigenvalue weighted by Crippen LogP contribution is -2.17. The smallest absolute Gasteiger partial charge is 0.344 e. The summed E-state index contributed by atoms with van der Waals surface area (Å²) in [6, 6.07) is 15.4. The number of rotatable bonds is 5. The van der Waals surface area contributed by atoms with Crippen molar-refractivity contribution in [1.82, 2.24) is 10.4 Å². The third-order valence-corrected chi connectivity index (χ3v) is 4.66. The second kappa shape index (κ2) is 9.38. The quantitative estimate of drug-likeness (QED) is 0.239. The molecule has 0 aliphatic rings. The molecule has 1 heterocycles. The summed E-state index contributed by atoms with van der Waals surface area (Å²) in [5.74, 6) is -0.421. The highest BCUT2D eigenvalue weighted by atomic mass is 79.9. The third kappa shape index (κ3) is 5.34. The van der Waals surface area contributed by atoms with Gasteiger partial charge >= 0.3 is 5.97 Å². The second-order valence-electron chi connectivity index (χ2n) is 5.53. The summed E-state index contributed by atoms with van der Waals surface area (Å²) in [4.78, 5) is 28.1. The number of hydrazone groups is 1. The highest BCUT2D eigenvalue weighted by Gasteiger charge is 2.11. The number of hydrogen-bond donors (Lipinski definition) is 1. The van der Waals surface area contributed by atoms with Crippen molar-refractivity contribution in [3.63, 3.8) is 0 Å². The van der Waals surface area contributed by atoms with Gasteiger partial charge < -0.3 is 4.74 Å². The number of hydrogen-bond acceptors (Lipinski definition) is 5. The van der Waals surface area contributed by atoms with Gasteiger partial charge in [0.2, 0.25) is 0 Å². The van der Waals surface area contributed by atoms with Crippen LogP contribution in [0.15, 0.2) is 81.0 Å². The van der Waals surface area contributed by atoms with Crippen LogP contribution in [0.25, 0.3) is 0 Å². The Kier molecular flexibility index (Phi) is 6.67. The van der Waals surface area contributed by atoms with Crippen LogP contribution in [-0.4, -0.2) is 23.1 Å². The Bertz CT molecular complexity index is 1040. The van der Waals surface area contributed by atoms with Gasteiger partial charge in [0.15, 0.2) is 0 Å². The molecule has 1 amide bonds. The Morgan fingerprint density at radius 3 is 2.50 bits per heavy atom. The van der Waals surface area contributed by atoms with Gasteiger partial charge in [-0.15, -0.1) is 0 Å². The summed E-state index contributed by atoms with van der Waals surface area (Å²) in [6.07, 6.45) is 4.53. The first kappa shape index (κ1) is 19.9. The zero-order valence-corrected chi connectivity index (χ0v) is 17.5. The van der Waals surface area contributed by atoms with E-state index in [1.165, 1.54) is 12.4 Å². The van der Waals surface area contributed by atoms with E-state index in [9.17, 15) is 9.59 Å². The van der Waals surface area contributed by atoms with Crippen LogP contribution in [0.2, 0.25) is 0 Å². The first-order chi connectivity index (χ1) is 13.5. The van der Waals surface area contributed by atoms with E-state index in [4.69, 9.17) is 4.74 Å². The lowest BCUT2D eigenvalue weighted by Gasteiger charge is -2.06. The number of halogens is 2. The van der Waals surface area contributed by atoms with Crippen LogP contribution in [0, 0.1) is 0 Å². The summed E-state index contributed by atoms with van der Waals surface area (Å²) in [5.41, 5.74) is 3.99. The van der Waals surface area contributed by atoms with Crippen LogP contribution in [0.5, 0.6) is 5.75 Å². The fraction of sp³-hybridized carbons (Fsp3) is 0. The van der Waals surface area contributed by atoms with Crippen molar-refractivity contribution >= 4 is 50.0 Å². The molecule has 2 aromatic carbocycles. The van der Waals surface area contributed by atoms with Crippen molar-refractivity contribution in [1.29, 1.82) is 0 Å². The number of nitrogens with one attached hydrogen (secondary N) is 1. The number of nitrogens with zero attached hydrogens (tertiary/aromatic N) is 2. The predicted octanol–water partition coefficient (Wildman–Crippen LogP) is 4.59. The Morgan fingerprint density at radius 2 is 1.79 bits per heavy atom. The van der Waals surface area contributed by atoms with Gasteiger partial charge in [-0.05, 0) is 79.9 Å². The van der Waals surface area contributed by atoms with E-state index in [2.05, 4.69) is 47.4 Å². The number of carbonyl (C=O) groups excluding carboxylic acids is 2. The Morgan fingerprint density at radius 1 is 1.04 bits per heavy atom. The van der Waals surface area contributed by atoms with E-state index < -0.39 is 5.97 Å². The fourth-order valence-corrected chi connectivity index (χ4v) is 2.99. The molecule has 1 N–H and O–H groups in total. The van der Waals surface area contributed by atoms with Gasteiger partial charge in [-0.3, -0.25) is 9.78 Å². The van der Waals surface area contributed by atoms with Crippen molar-refractivity contribution in [2.75, 3.05) is 0 Å². The monoisotopic (exact) mass is 501 g/mol. The lowest BCUT2D eigenvalue weighted by molar-refractivity contribution is 0.0733. The molecule has 0 radical (unpaired) electrons. The van der Waals surface area contributed by atoms with Crippen LogP contribution in [0.3, 0.4) is 0 Å². The molecule has 0 aliphatic heterocycles. The average Bonchev–Trinajstić information content (AvgIpc) is 2.69. The Balaban J connectivity index is 1.58. The molecule has 3 aromatic rings. The molecule has 0 unspecified atom stereocenters. The molecule has 0 atom stereocenters. The molecule has 0 saturated heterocycles. The molecule has 0 saturated carbocycles. The number of esters is 1. The minimum atomic E-state index is -0.455. The predicted molar refractivity (Wildman–Crippen MR) is 113 cm³/mol. The van der Waals surface area contributed by atoms with E-state index in [-0.39, 0.29) is 5.91 Å². The highest BCUT2D eigenvalue weighted by molar-refractivity contribution is 9.10. The van der Waals surface area contributed by atoms with E-state index in [1.54, 1.807) is 54.7 Å². The van der Waals surface area contributed by atoms with Crippen molar-refractivity contribution in [2.24, 2.45) is 5.10 Å². The molecule has 0 fully saturated rings. The summed E-state index contributed by atoms with van der Waals surface area (Å²) < 4.78 is 6.73. The summed E-state index contributed by atoms with van der Waals surface area (Å²) >= 11 is 6.58. The van der Waals surface area contributed by atoms with Gasteiger partial charge in [-0.1, -0.05) is 12.1 Å². The number of pyridine rings is 1. The standard InChI is InChI=1S/C20H13Br2N3O3/c21-15-9-14(11-23-12-15)19(26)25-24-10-13-5-7-16(8-6-13)28-20(27)17-3-1-2-4-18(17)22/h1-12H,(H,25,26)/b24-10+. The largest absolute Gasteiger partial charge is 0.423 e. The van der Waals surface area contributed by atoms with Crippen LogP contribution in [-0.2, 0) is 0 Å². The number of benzene rings is 2. The van der Waals surface area contributed by atoms with Crippen molar-refractivity contribution in [3.8, 4) is 5.75 Å². The van der Waals surface area contributed by atoms with E-state index >= 15 is 0 Å². The normalized spacial score (nSPS) is 10.6. The molecule has 28 heavy (non-hydrogen) atoms. The van der Waals surface area contributed by atoms with Crippen molar-refractivity contribution in [2.45, 2.75) is 0 Å². The number of amides is 1. The average molecular weight is 503 g/mol. The number of ether oxygens (including phenoxy) is 1. The first-order valence-electron chi connectivity index (χ1n) is 8.03. The Hall–Kier alpha value is -2.84. The van der Waals surface area contributed by atoms with Gasteiger partial charge in [0.1, 0.15) is 5.75 Å². The molecule has 1 aromatic heterocycles. The molecular weight excluding hydrogens is 490 g/mol. The van der Waals surface area contributed by atoms with Gasteiger partial charge in [-0.25, -0.2) is 10.2 Å². The fourth-order valence-electron chi connectivity index (χ4n) is 2.18. The van der Waals surface area contributed by atoms with Gasteiger partial charge in [0.05, 0.1) is 17.3 Å². The number of aromatic nitrogens is 1. The SMILES string of the molecule is O=C(N/N=C/c1ccc(OC(=O)c2ccccc2Br)cc1)c1cncc(Br)c1. The maximum absolute atomic E-state index is 12.2. The molecule has 0 bridgehead atoms. The first-order valence-corrected chi connectivity index (χ1v) is 9.62. The second-order valence-corrected chi connectivity index (χ2v) is 7.30. The maximum atomic E-state index is 12.2. The van der Waals surface area contributed by atoms with E-state index in [0.717, 1.165) is 5.56 Å². The topological polar surface area (TPSA) is 80.6 Å². The number of carbonyl (C=O) groups is 2. The lowest BCUT2D eigenvalue weighted by atomic mass is 10.2. The van der Waals surface area contributed by atoms with Crippen molar-refractivity contribution < 1.29 is 14.3 Å². The van der Waals surface area contributed by atoms with E-state index in [1.807, 2.05) is 6.07 Å². The van der Waals surface area contributed by atoms with Crippen LogP contribution in [0.4, 0.5) is 0 Å². The van der Waals surface area contributed by atoms with Crippen molar-refractivity contribution in [3.05, 3.63) is 92.6 Å². The van der Waals surface area contributed by atoms with E-state index in [0.29, 0.717) is 25.8 Å². The summed E-state index contributed by atoms with van der Waals surface area (Å²) in [6.45, 7) is 0. The minimum Gasteiger partial charge on any atom is -0.423 e. The maximum Gasteiger partial charge on any atom is 0.344 e. The summed E-state index contributed by atoms with van der Waals surface area (Å²) in [7, 11) is 0. The summed E-state index contributed by atoms with van der Waals surface area (Å²) in [5, 5.41) is 3.92. The molecule has 8 heteroatoms. The van der Waals surface area contributed by atoms with Crippen LogP contribution in [0.1, 0.15) is 26.3 Å². The molecular formula is C20H13Br2N3O3. The molecule has 0 aliphatic carbocycles. The Labute approximate surface area is 177 Å². The highest BCUT2D eigenvalue weighted by Crippen LogP contribution is 2.19. The van der Waals surface area contributed by atoms with Crippen LogP contribution >= 0.6 is 31.9 Å². The zero-order chi connectivity index (χ0) is 19.9. The third-order valence-electron chi connectivity index (χ3n) is 3.53. The van der Waals surface area contributed by atoms with Gasteiger partial charge in [0, 0.05) is 21.3 Å². The van der Waals surface area contributed by atoms with Gasteiger partial charge in [-0.2, -0.15) is 5.10 Å². The molecule has 0 spiro atoms. The van der Waals surface area contributed by atoms with Gasteiger partial charge in [0.25, 0.3) is 5.91 Å². The molecule has 6 nitrogen and oxygen atoms in total. The van der Waals surface area contributed by atoms with Crippen LogP contribution < -0.4 is 10.2 Å². The minimum absolute atomic E-state index is 0.371. The molecule has 3 rings (SSSR count). The zero-order valence-electron chi connectivity index (χ0n) is 14.3. The molecule has 140 valence electrons.